The first kappa shape index (κ1) is 42.5. The van der Waals surface area contributed by atoms with Crippen molar-refractivity contribution in [2.75, 3.05) is 33.0 Å². The van der Waals surface area contributed by atoms with Gasteiger partial charge < -0.3 is 23.7 Å². The molecule has 55 heavy (non-hydrogen) atoms. The van der Waals surface area contributed by atoms with E-state index in [0.717, 1.165) is 173 Å². The fourth-order valence-corrected chi connectivity index (χ4v) is 7.77. The molecular formula is C49H65BrO5. The van der Waals surface area contributed by atoms with E-state index in [1.165, 1.54) is 0 Å². The van der Waals surface area contributed by atoms with Crippen LogP contribution in [0.2, 0.25) is 0 Å². The van der Waals surface area contributed by atoms with Gasteiger partial charge in [-0.2, -0.15) is 0 Å². The van der Waals surface area contributed by atoms with Crippen molar-refractivity contribution in [3.8, 4) is 39.9 Å². The summed E-state index contributed by atoms with van der Waals surface area (Å²) in [6.45, 7) is 14.4. The van der Waals surface area contributed by atoms with Crippen LogP contribution >= 0.6 is 15.9 Å². The van der Waals surface area contributed by atoms with E-state index in [0.29, 0.717) is 33.0 Å². The number of halogens is 1. The average molecular weight is 814 g/mol. The Balaban J connectivity index is 1.87. The van der Waals surface area contributed by atoms with Gasteiger partial charge in [-0.15, -0.1) is 0 Å². The van der Waals surface area contributed by atoms with E-state index in [1.807, 2.05) is 0 Å². The third-order valence-corrected chi connectivity index (χ3v) is 11.0. The molecule has 5 aromatic carbocycles. The summed E-state index contributed by atoms with van der Waals surface area (Å²) in [6, 6.07) is 21.8. The first-order valence-corrected chi connectivity index (χ1v) is 22.3. The molecule has 0 atom stereocenters. The molecule has 5 rings (SSSR count). The lowest BCUT2D eigenvalue weighted by atomic mass is 9.88. The van der Waals surface area contributed by atoms with Crippen LogP contribution in [0.3, 0.4) is 0 Å². The van der Waals surface area contributed by atoms with E-state index in [1.54, 1.807) is 0 Å². The standard InChI is InChI=1S/C49H65BrO5/c1-6-11-18-27-51-36-32-40(37-23-16-17-24-43(37)50)47-38-25-26-44(52-28-19-12-7-2)49(55-31-22-15-10-5)48(38)42-35-46(54-30-21-14-9-4)45(53-29-20-13-8-3)34-39(42)41(47)33-36/h16-17,23-26,32-35H,6-15,18-22,27-31H2,1-5H3. The SMILES string of the molecule is CCCCCOc1cc(-c2ccccc2Br)c2c(c1)c1cc(OCCCCC)c(OCCCCC)cc1c1c(OCCCCC)c(OCCCCC)ccc21. The summed E-state index contributed by atoms with van der Waals surface area (Å²) in [6.07, 6.45) is 16.3. The van der Waals surface area contributed by atoms with Gasteiger partial charge in [0.25, 0.3) is 0 Å². The summed E-state index contributed by atoms with van der Waals surface area (Å²) in [4.78, 5) is 0. The molecule has 5 aromatic rings. The molecular weight excluding hydrogens is 748 g/mol. The molecule has 298 valence electrons. The molecule has 0 saturated heterocycles. The maximum absolute atomic E-state index is 6.88. The second kappa shape index (κ2) is 22.8. The number of unbranched alkanes of at least 4 members (excludes halogenated alkanes) is 10. The van der Waals surface area contributed by atoms with Crippen molar-refractivity contribution in [3.63, 3.8) is 0 Å². The Kier molecular flexibility index (Phi) is 17.6. The minimum absolute atomic E-state index is 0.623. The fourth-order valence-electron chi connectivity index (χ4n) is 7.28. The normalized spacial score (nSPS) is 11.5. The number of rotatable bonds is 26. The van der Waals surface area contributed by atoms with Crippen LogP contribution in [0.5, 0.6) is 28.7 Å². The van der Waals surface area contributed by atoms with Gasteiger partial charge in [0.2, 0.25) is 0 Å². The number of fused-ring (bicyclic) bond motifs is 6. The first-order valence-electron chi connectivity index (χ1n) is 21.5. The maximum atomic E-state index is 6.88. The summed E-state index contributed by atoms with van der Waals surface area (Å²) in [5.41, 5.74) is 2.23. The van der Waals surface area contributed by atoms with E-state index >= 15 is 0 Å². The molecule has 0 radical (unpaired) electrons. The molecule has 0 aliphatic heterocycles. The first-order chi connectivity index (χ1) is 27.1. The van der Waals surface area contributed by atoms with Crippen molar-refractivity contribution in [3.05, 3.63) is 65.1 Å². The van der Waals surface area contributed by atoms with Gasteiger partial charge >= 0.3 is 0 Å². The van der Waals surface area contributed by atoms with Gasteiger partial charge in [0.05, 0.1) is 33.0 Å². The molecule has 0 spiro atoms. The number of hydrogen-bond acceptors (Lipinski definition) is 5. The van der Waals surface area contributed by atoms with Crippen LogP contribution in [-0.4, -0.2) is 33.0 Å². The van der Waals surface area contributed by atoms with Crippen molar-refractivity contribution < 1.29 is 23.7 Å². The Hall–Kier alpha value is -3.64. The fraction of sp³-hybridized carbons (Fsp3) is 0.510. The van der Waals surface area contributed by atoms with E-state index in [-0.39, 0.29) is 0 Å². The van der Waals surface area contributed by atoms with Crippen LogP contribution in [-0.2, 0) is 0 Å². The van der Waals surface area contributed by atoms with Crippen LogP contribution in [0.25, 0.3) is 43.4 Å². The van der Waals surface area contributed by atoms with Crippen molar-refractivity contribution in [1.82, 2.24) is 0 Å². The molecule has 0 aliphatic rings. The molecule has 5 nitrogen and oxygen atoms in total. The van der Waals surface area contributed by atoms with Gasteiger partial charge in [-0.25, -0.2) is 0 Å². The zero-order chi connectivity index (χ0) is 38.8. The summed E-state index contributed by atoms with van der Waals surface area (Å²) < 4.78 is 34.3. The van der Waals surface area contributed by atoms with Crippen LogP contribution in [0.4, 0.5) is 0 Å². The lowest BCUT2D eigenvalue weighted by Gasteiger charge is -2.22. The van der Waals surface area contributed by atoms with Crippen LogP contribution < -0.4 is 23.7 Å². The second-order valence-corrected chi connectivity index (χ2v) is 15.7. The largest absolute Gasteiger partial charge is 0.494 e. The highest BCUT2D eigenvalue weighted by Crippen LogP contribution is 2.50. The molecule has 0 unspecified atom stereocenters. The summed E-state index contributed by atoms with van der Waals surface area (Å²) in [5, 5.41) is 6.59. The van der Waals surface area contributed by atoms with Crippen molar-refractivity contribution >= 4 is 48.2 Å². The minimum Gasteiger partial charge on any atom is -0.494 e. The summed E-state index contributed by atoms with van der Waals surface area (Å²) in [5.74, 6) is 4.04. The lowest BCUT2D eigenvalue weighted by Crippen LogP contribution is -2.05. The van der Waals surface area contributed by atoms with E-state index in [2.05, 4.69) is 111 Å². The topological polar surface area (TPSA) is 46.2 Å². The highest BCUT2D eigenvalue weighted by molar-refractivity contribution is 9.10. The Bertz CT molecular complexity index is 1930. The van der Waals surface area contributed by atoms with Crippen molar-refractivity contribution in [1.29, 1.82) is 0 Å². The molecule has 0 bridgehead atoms. The quantitative estimate of drug-likeness (QED) is 0.0411. The average Bonchev–Trinajstić information content (AvgIpc) is 3.20. The molecule has 6 heteroatoms. The van der Waals surface area contributed by atoms with Gasteiger partial charge in [-0.1, -0.05) is 133 Å². The highest BCUT2D eigenvalue weighted by Gasteiger charge is 2.23. The van der Waals surface area contributed by atoms with Crippen molar-refractivity contribution in [2.45, 2.75) is 131 Å². The van der Waals surface area contributed by atoms with Gasteiger partial charge in [0, 0.05) is 9.86 Å². The van der Waals surface area contributed by atoms with Gasteiger partial charge in [-0.3, -0.25) is 0 Å². The maximum Gasteiger partial charge on any atom is 0.169 e. The Morgan fingerprint density at radius 1 is 0.400 bits per heavy atom. The molecule has 0 aliphatic carbocycles. The Labute approximate surface area is 339 Å². The molecule has 0 saturated carbocycles. The predicted octanol–water partition coefficient (Wildman–Crippen LogP) is 15.4. The number of benzene rings is 5. The second-order valence-electron chi connectivity index (χ2n) is 14.8. The van der Waals surface area contributed by atoms with Crippen molar-refractivity contribution in [2.24, 2.45) is 0 Å². The molecule has 0 heterocycles. The Morgan fingerprint density at radius 3 is 1.45 bits per heavy atom. The van der Waals surface area contributed by atoms with E-state index in [9.17, 15) is 0 Å². The zero-order valence-electron chi connectivity index (χ0n) is 34.3. The van der Waals surface area contributed by atoms with Gasteiger partial charge in [0.1, 0.15) is 5.75 Å². The monoisotopic (exact) mass is 812 g/mol. The third kappa shape index (κ3) is 11.2. The summed E-state index contributed by atoms with van der Waals surface area (Å²) >= 11 is 3.92. The number of hydrogen-bond donors (Lipinski definition) is 0. The van der Waals surface area contributed by atoms with E-state index in [4.69, 9.17) is 23.7 Å². The van der Waals surface area contributed by atoms with Gasteiger partial charge in [0.15, 0.2) is 23.0 Å². The highest BCUT2D eigenvalue weighted by atomic mass is 79.9. The predicted molar refractivity (Wildman–Crippen MR) is 237 cm³/mol. The lowest BCUT2D eigenvalue weighted by molar-refractivity contribution is 0.260. The Morgan fingerprint density at radius 2 is 0.891 bits per heavy atom. The molecule has 0 aromatic heterocycles. The van der Waals surface area contributed by atoms with Crippen LogP contribution in [0, 0.1) is 0 Å². The minimum atomic E-state index is 0.623. The van der Waals surface area contributed by atoms with Crippen LogP contribution in [0.15, 0.2) is 65.1 Å². The van der Waals surface area contributed by atoms with Crippen LogP contribution in [0.1, 0.15) is 131 Å². The van der Waals surface area contributed by atoms with Gasteiger partial charge in [-0.05, 0) is 113 Å². The smallest absolute Gasteiger partial charge is 0.169 e. The third-order valence-electron chi connectivity index (χ3n) is 10.3. The number of ether oxygens (including phenoxy) is 5. The zero-order valence-corrected chi connectivity index (χ0v) is 35.9. The molecule has 0 amide bonds. The molecule has 0 N–H and O–H groups in total. The van der Waals surface area contributed by atoms with E-state index < -0.39 is 0 Å². The molecule has 0 fully saturated rings. The summed E-state index contributed by atoms with van der Waals surface area (Å²) in [7, 11) is 0.